The molecule has 4 aromatic carbocycles. The van der Waals surface area contributed by atoms with Crippen LogP contribution in [0, 0.1) is 12.3 Å². The van der Waals surface area contributed by atoms with E-state index in [4.69, 9.17) is 4.74 Å². The SMILES string of the molecule is CC/C(=C(\c1ccccc1)c1ccc(OCCN(C)C(=O)CCCCCCCCCCCC(=O)N[C@H](C(=O)N2C[C@H](O)C[C@H]2C(=O)NCc2ccc(-c3scnc3C)cc2)C(C)(C)C)cc1)c1ccccc1. The summed E-state index contributed by atoms with van der Waals surface area (Å²) in [5.74, 6) is 0.0551. The van der Waals surface area contributed by atoms with Gasteiger partial charge in [-0.1, -0.05) is 170 Å². The molecule has 4 amide bonds. The number of amides is 4. The Morgan fingerprint density at radius 3 is 1.96 bits per heavy atom. The first-order valence-corrected chi connectivity index (χ1v) is 27.0. The van der Waals surface area contributed by atoms with Gasteiger partial charge in [0.05, 0.1) is 28.7 Å². The number of hydrogen-bond donors (Lipinski definition) is 3. The molecule has 2 heterocycles. The van der Waals surface area contributed by atoms with Crippen LogP contribution in [0.3, 0.4) is 0 Å². The van der Waals surface area contributed by atoms with Crippen LogP contribution in [0.2, 0.25) is 0 Å². The van der Waals surface area contributed by atoms with E-state index in [9.17, 15) is 24.3 Å². The first-order valence-electron chi connectivity index (χ1n) is 26.1. The fourth-order valence-electron chi connectivity index (χ4n) is 9.43. The number of benzene rings is 4. The molecule has 1 saturated heterocycles. The second kappa shape index (κ2) is 27.6. The largest absolute Gasteiger partial charge is 0.492 e. The van der Waals surface area contributed by atoms with Crippen molar-refractivity contribution in [3.05, 3.63) is 143 Å². The van der Waals surface area contributed by atoms with Gasteiger partial charge in [0.25, 0.3) is 0 Å². The number of nitrogens with zero attached hydrogens (tertiary/aromatic N) is 3. The summed E-state index contributed by atoms with van der Waals surface area (Å²) in [4.78, 5) is 62.2. The Kier molecular flexibility index (Phi) is 21.2. The highest BCUT2D eigenvalue weighted by Gasteiger charge is 2.44. The van der Waals surface area contributed by atoms with E-state index >= 15 is 0 Å². The van der Waals surface area contributed by atoms with Gasteiger partial charge in [0.2, 0.25) is 23.6 Å². The lowest BCUT2D eigenvalue weighted by Gasteiger charge is -2.35. The molecule has 11 nitrogen and oxygen atoms in total. The number of likely N-dealkylation sites (N-methyl/N-ethyl adjacent to an activating group) is 1. The number of β-amino-alcohol motifs (C(OH)–C–C–N with tert-alkyl or cyclic N) is 1. The molecular formula is C60H77N5O6S. The molecule has 0 unspecified atom stereocenters. The average molecular weight is 996 g/mol. The molecule has 0 saturated carbocycles. The predicted molar refractivity (Wildman–Crippen MR) is 291 cm³/mol. The zero-order valence-corrected chi connectivity index (χ0v) is 44.3. The number of unbranched alkanes of at least 4 members (excludes halogenated alkanes) is 8. The van der Waals surface area contributed by atoms with E-state index in [2.05, 4.69) is 83.2 Å². The third-order valence-corrected chi connectivity index (χ3v) is 14.6. The maximum atomic E-state index is 14.0. The number of aliphatic hydroxyl groups is 1. The summed E-state index contributed by atoms with van der Waals surface area (Å²) in [6.07, 6.45) is 10.0. The molecule has 0 aliphatic carbocycles. The molecular weight excluding hydrogens is 919 g/mol. The van der Waals surface area contributed by atoms with Crippen molar-refractivity contribution >= 4 is 46.1 Å². The molecule has 1 aromatic heterocycles. The van der Waals surface area contributed by atoms with Crippen molar-refractivity contribution in [2.24, 2.45) is 5.41 Å². The molecule has 6 rings (SSSR count). The molecule has 1 aliphatic heterocycles. The first-order chi connectivity index (χ1) is 34.7. The van der Waals surface area contributed by atoms with Crippen LogP contribution in [0.25, 0.3) is 21.6 Å². The second-order valence-electron chi connectivity index (χ2n) is 20.3. The fourth-order valence-corrected chi connectivity index (χ4v) is 10.2. The number of carbonyl (C=O) groups excluding carboxylic acids is 4. The molecule has 72 heavy (non-hydrogen) atoms. The highest BCUT2D eigenvalue weighted by molar-refractivity contribution is 7.13. The topological polar surface area (TPSA) is 141 Å². The molecule has 3 N–H and O–H groups in total. The van der Waals surface area contributed by atoms with E-state index in [0.717, 1.165) is 97.2 Å². The quantitative estimate of drug-likeness (QED) is 0.0370. The number of aliphatic hydroxyl groups excluding tert-OH is 1. The van der Waals surface area contributed by atoms with Gasteiger partial charge in [0.15, 0.2) is 0 Å². The number of hydrogen-bond acceptors (Lipinski definition) is 8. The fraction of sp³-hybridized carbons (Fsp3) is 0.450. The molecule has 1 aliphatic rings. The van der Waals surface area contributed by atoms with Gasteiger partial charge < -0.3 is 30.3 Å². The van der Waals surface area contributed by atoms with Gasteiger partial charge in [-0.15, -0.1) is 11.3 Å². The summed E-state index contributed by atoms with van der Waals surface area (Å²) >= 11 is 1.59. The summed E-state index contributed by atoms with van der Waals surface area (Å²) in [6, 6.07) is 35.7. The monoisotopic (exact) mass is 996 g/mol. The van der Waals surface area contributed by atoms with Crippen molar-refractivity contribution < 1.29 is 29.0 Å². The summed E-state index contributed by atoms with van der Waals surface area (Å²) in [7, 11) is 1.85. The van der Waals surface area contributed by atoms with Crippen molar-refractivity contribution in [2.75, 3.05) is 26.7 Å². The number of rotatable bonds is 26. The van der Waals surface area contributed by atoms with E-state index in [-0.39, 0.29) is 43.1 Å². The van der Waals surface area contributed by atoms with E-state index < -0.39 is 23.6 Å². The number of nitrogens with one attached hydrogen (secondary N) is 2. The van der Waals surface area contributed by atoms with Gasteiger partial charge in [-0.3, -0.25) is 19.2 Å². The average Bonchev–Trinajstić information content (AvgIpc) is 4.00. The number of aromatic nitrogens is 1. The molecule has 384 valence electrons. The zero-order chi connectivity index (χ0) is 51.5. The van der Waals surface area contributed by atoms with Crippen LogP contribution in [0.5, 0.6) is 5.75 Å². The highest BCUT2D eigenvalue weighted by atomic mass is 32.1. The maximum absolute atomic E-state index is 14.0. The Morgan fingerprint density at radius 1 is 0.792 bits per heavy atom. The van der Waals surface area contributed by atoms with Crippen LogP contribution in [0.4, 0.5) is 0 Å². The van der Waals surface area contributed by atoms with Crippen molar-refractivity contribution in [3.63, 3.8) is 0 Å². The van der Waals surface area contributed by atoms with Crippen LogP contribution in [-0.2, 0) is 25.7 Å². The predicted octanol–water partition coefficient (Wildman–Crippen LogP) is 11.4. The molecule has 0 spiro atoms. The summed E-state index contributed by atoms with van der Waals surface area (Å²) in [6.45, 7) is 11.2. The lowest BCUT2D eigenvalue weighted by Crippen LogP contribution is -2.57. The van der Waals surface area contributed by atoms with Crippen molar-refractivity contribution in [3.8, 4) is 16.2 Å². The lowest BCUT2D eigenvalue weighted by atomic mass is 9.85. The van der Waals surface area contributed by atoms with Crippen molar-refractivity contribution in [2.45, 2.75) is 143 Å². The maximum Gasteiger partial charge on any atom is 0.246 e. The summed E-state index contributed by atoms with van der Waals surface area (Å²) in [5, 5.41) is 16.5. The summed E-state index contributed by atoms with van der Waals surface area (Å²) in [5.41, 5.74) is 10.2. The number of thiazole rings is 1. The normalized spacial score (nSPS) is 15.4. The van der Waals surface area contributed by atoms with Crippen LogP contribution in [0.15, 0.2) is 115 Å². The minimum absolute atomic E-state index is 0.0384. The summed E-state index contributed by atoms with van der Waals surface area (Å²) < 4.78 is 6.09. The molecule has 0 bridgehead atoms. The minimum atomic E-state index is -0.842. The van der Waals surface area contributed by atoms with E-state index in [1.54, 1.807) is 16.2 Å². The smallest absolute Gasteiger partial charge is 0.246 e. The van der Waals surface area contributed by atoms with Gasteiger partial charge in [0, 0.05) is 39.4 Å². The molecule has 3 atom stereocenters. The molecule has 12 heteroatoms. The number of likely N-dealkylation sites (tertiary alicyclic amines) is 1. The van der Waals surface area contributed by atoms with Crippen molar-refractivity contribution in [1.82, 2.24) is 25.4 Å². The van der Waals surface area contributed by atoms with Gasteiger partial charge in [0.1, 0.15) is 24.4 Å². The minimum Gasteiger partial charge on any atom is -0.492 e. The Labute approximate surface area is 432 Å². The Balaban J connectivity index is 0.821. The molecule has 0 radical (unpaired) electrons. The number of allylic oxidation sites excluding steroid dienone is 1. The van der Waals surface area contributed by atoms with E-state index in [1.165, 1.54) is 27.2 Å². The van der Waals surface area contributed by atoms with Crippen molar-refractivity contribution in [1.29, 1.82) is 0 Å². The third-order valence-electron chi connectivity index (χ3n) is 13.6. The lowest BCUT2D eigenvalue weighted by molar-refractivity contribution is -0.144. The van der Waals surface area contributed by atoms with Crippen LogP contribution in [-0.4, -0.2) is 88.5 Å². The molecule has 1 fully saturated rings. The van der Waals surface area contributed by atoms with Crippen LogP contribution in [0.1, 0.15) is 139 Å². The first kappa shape index (κ1) is 55.2. The van der Waals surface area contributed by atoms with E-state index in [1.807, 2.05) is 88.8 Å². The zero-order valence-electron chi connectivity index (χ0n) is 43.5. The number of ether oxygens (including phenoxy) is 1. The Morgan fingerprint density at radius 2 is 1.38 bits per heavy atom. The van der Waals surface area contributed by atoms with Gasteiger partial charge in [-0.2, -0.15) is 0 Å². The van der Waals surface area contributed by atoms with Gasteiger partial charge >= 0.3 is 0 Å². The van der Waals surface area contributed by atoms with E-state index in [0.29, 0.717) is 26.0 Å². The Hall–Kier alpha value is -6.11. The number of carbonyl (C=O) groups is 4. The van der Waals surface area contributed by atoms with Crippen LogP contribution >= 0.6 is 11.3 Å². The highest BCUT2D eigenvalue weighted by Crippen LogP contribution is 2.35. The Bertz CT molecular complexity index is 2520. The standard InChI is InChI=1S/C60H77N5O6S/c1-7-51(45-23-17-15-18-24-45)55(46-25-19-16-20-26-46)47-33-35-50(36-34-47)71-38-37-64(6)54(68)28-22-14-12-10-8-9-11-13-21-27-53(67)63-57(60(3,4)5)59(70)65-41-49(66)39-52(65)58(69)61-40-44-29-31-48(32-30-44)56-43(2)62-42-72-56/h15-20,23-26,29-36,42,49,52,57,66H,7-14,21-22,27-28,37-41H2,1-6H3,(H,61,69)(H,63,67)/b55-51-/t49-,52+,57-/m1/s1. The second-order valence-corrected chi connectivity index (χ2v) is 21.1. The van der Waals surface area contributed by atoms with Gasteiger partial charge in [-0.05, 0) is 82.7 Å². The molecule has 5 aromatic rings. The van der Waals surface area contributed by atoms with Gasteiger partial charge in [-0.25, -0.2) is 4.98 Å². The third kappa shape index (κ3) is 16.2. The number of aryl methyl sites for hydroxylation is 1. The van der Waals surface area contributed by atoms with Crippen LogP contribution < -0.4 is 15.4 Å².